The highest BCUT2D eigenvalue weighted by Gasteiger charge is 2.23. The van der Waals surface area contributed by atoms with E-state index in [-0.39, 0.29) is 17.4 Å². The summed E-state index contributed by atoms with van der Waals surface area (Å²) in [5, 5.41) is 9.68. The lowest BCUT2D eigenvalue weighted by Gasteiger charge is -2.18. The van der Waals surface area contributed by atoms with Crippen molar-refractivity contribution in [2.24, 2.45) is 0 Å². The van der Waals surface area contributed by atoms with Crippen LogP contribution in [-0.2, 0) is 10.2 Å². The Bertz CT molecular complexity index is 364. The first-order valence-electron chi connectivity index (χ1n) is 5.46. The van der Waals surface area contributed by atoms with Gasteiger partial charge < -0.3 is 10.1 Å². The molecule has 5 nitrogen and oxygen atoms in total. The van der Waals surface area contributed by atoms with E-state index in [2.05, 4.69) is 15.5 Å². The van der Waals surface area contributed by atoms with E-state index in [9.17, 15) is 4.79 Å². The van der Waals surface area contributed by atoms with E-state index in [0.29, 0.717) is 5.56 Å². The van der Waals surface area contributed by atoms with Gasteiger partial charge in [0.15, 0.2) is 0 Å². The van der Waals surface area contributed by atoms with E-state index >= 15 is 0 Å². The molecule has 5 heteroatoms. The molecule has 0 aliphatic heterocycles. The third-order valence-corrected chi connectivity index (χ3v) is 2.05. The molecule has 1 heterocycles. The van der Waals surface area contributed by atoms with Crippen LogP contribution in [0.2, 0.25) is 0 Å². The molecule has 1 aromatic rings. The van der Waals surface area contributed by atoms with Crippen molar-refractivity contribution < 1.29 is 9.59 Å². The Morgan fingerprint density at radius 3 is 2.35 bits per heavy atom. The van der Waals surface area contributed by atoms with Gasteiger partial charge in [0.25, 0.3) is 5.91 Å². The van der Waals surface area contributed by atoms with E-state index in [4.69, 9.17) is 4.79 Å². The molecule has 0 aromatic carbocycles. The van der Waals surface area contributed by atoms with Crippen molar-refractivity contribution in [2.45, 2.75) is 46.1 Å². The Kier molecular flexibility index (Phi) is 5.58. The van der Waals surface area contributed by atoms with Crippen molar-refractivity contribution >= 4 is 12.7 Å². The minimum atomic E-state index is -0.0971. The summed E-state index contributed by atoms with van der Waals surface area (Å²) < 4.78 is 0. The largest absolute Gasteiger partial charge is 0.350 e. The Hall–Kier alpha value is -1.65. The van der Waals surface area contributed by atoms with Gasteiger partial charge in [-0.1, -0.05) is 20.8 Å². The molecule has 0 unspecified atom stereocenters. The minimum absolute atomic E-state index is 0.0660. The third-order valence-electron chi connectivity index (χ3n) is 2.05. The molecule has 1 aromatic heterocycles. The fourth-order valence-corrected chi connectivity index (χ4v) is 1.37. The Balaban J connectivity index is 0.00000121. The molecule has 0 aliphatic rings. The molecule has 0 radical (unpaired) electrons. The Labute approximate surface area is 102 Å². The molecule has 0 aliphatic carbocycles. The van der Waals surface area contributed by atoms with Crippen LogP contribution in [0.4, 0.5) is 0 Å². The predicted octanol–water partition coefficient (Wildman–Crippen LogP) is 1.66. The SMILES string of the molecule is C=O.CC(C)NC(=O)c1cn[nH]c1C(C)(C)C. The van der Waals surface area contributed by atoms with Crippen LogP contribution in [0.3, 0.4) is 0 Å². The average Bonchev–Trinajstić information content (AvgIpc) is 2.67. The first-order chi connectivity index (χ1) is 7.82. The molecule has 96 valence electrons. The molecule has 17 heavy (non-hydrogen) atoms. The summed E-state index contributed by atoms with van der Waals surface area (Å²) in [5.74, 6) is -0.0660. The zero-order chi connectivity index (χ0) is 13.6. The summed E-state index contributed by atoms with van der Waals surface area (Å²) in [7, 11) is 0. The van der Waals surface area contributed by atoms with Crippen molar-refractivity contribution in [2.75, 3.05) is 0 Å². The number of aromatic nitrogens is 2. The first kappa shape index (κ1) is 15.3. The number of carbonyl (C=O) groups is 2. The Morgan fingerprint density at radius 2 is 1.94 bits per heavy atom. The van der Waals surface area contributed by atoms with E-state index < -0.39 is 0 Å². The molecule has 0 fully saturated rings. The van der Waals surface area contributed by atoms with Gasteiger partial charge in [-0.05, 0) is 13.8 Å². The second-order valence-electron chi connectivity index (χ2n) is 5.04. The van der Waals surface area contributed by atoms with E-state index in [1.54, 1.807) is 6.20 Å². The normalized spacial score (nSPS) is 10.7. The Morgan fingerprint density at radius 1 is 1.41 bits per heavy atom. The smallest absolute Gasteiger partial charge is 0.254 e. The number of H-pyrrole nitrogens is 1. The van der Waals surface area contributed by atoms with Crippen molar-refractivity contribution in [3.8, 4) is 0 Å². The minimum Gasteiger partial charge on any atom is -0.350 e. The number of nitrogens with zero attached hydrogens (tertiary/aromatic N) is 1. The average molecular weight is 239 g/mol. The first-order valence-corrected chi connectivity index (χ1v) is 5.46. The molecule has 0 saturated heterocycles. The van der Waals surface area contributed by atoms with Crippen molar-refractivity contribution in [3.05, 3.63) is 17.5 Å². The molecule has 1 rings (SSSR count). The lowest BCUT2D eigenvalue weighted by molar-refractivity contribution is -0.0980. The summed E-state index contributed by atoms with van der Waals surface area (Å²) in [5.41, 5.74) is 1.41. The maximum atomic E-state index is 11.8. The standard InChI is InChI=1S/C11H19N3O.CH2O/c1-7(2)13-10(15)8-6-12-14-9(8)11(3,4)5;1-2/h6-7H,1-5H3,(H,12,14)(H,13,15);1H2. The topological polar surface area (TPSA) is 74.8 Å². The molecule has 0 saturated carbocycles. The molecule has 0 bridgehead atoms. The van der Waals surface area contributed by atoms with Crippen LogP contribution in [-0.4, -0.2) is 28.9 Å². The van der Waals surface area contributed by atoms with Crippen LogP contribution >= 0.6 is 0 Å². The number of rotatable bonds is 2. The third kappa shape index (κ3) is 4.38. The van der Waals surface area contributed by atoms with Crippen molar-refractivity contribution in [1.82, 2.24) is 15.5 Å². The molecular weight excluding hydrogens is 218 g/mol. The van der Waals surface area contributed by atoms with E-state index in [1.807, 2.05) is 41.4 Å². The molecular formula is C12H21N3O2. The number of hydrogen-bond acceptors (Lipinski definition) is 3. The van der Waals surface area contributed by atoms with E-state index in [1.165, 1.54) is 0 Å². The second kappa shape index (κ2) is 6.18. The highest BCUT2D eigenvalue weighted by molar-refractivity contribution is 5.95. The summed E-state index contributed by atoms with van der Waals surface area (Å²) >= 11 is 0. The summed E-state index contributed by atoms with van der Waals surface area (Å²) in [6, 6.07) is 0.139. The summed E-state index contributed by atoms with van der Waals surface area (Å²) in [6.45, 7) is 12.0. The number of carbonyl (C=O) groups excluding carboxylic acids is 2. The number of nitrogens with one attached hydrogen (secondary N) is 2. The van der Waals surface area contributed by atoms with Crippen LogP contribution in [0, 0.1) is 0 Å². The van der Waals surface area contributed by atoms with Crippen molar-refractivity contribution in [1.29, 1.82) is 0 Å². The van der Waals surface area contributed by atoms with Crippen LogP contribution in [0.1, 0.15) is 50.7 Å². The maximum Gasteiger partial charge on any atom is 0.254 e. The van der Waals surface area contributed by atoms with Gasteiger partial charge in [0.05, 0.1) is 17.5 Å². The lowest BCUT2D eigenvalue weighted by atomic mass is 9.89. The van der Waals surface area contributed by atoms with Crippen LogP contribution < -0.4 is 5.32 Å². The highest BCUT2D eigenvalue weighted by Crippen LogP contribution is 2.23. The molecule has 0 atom stereocenters. The summed E-state index contributed by atoms with van der Waals surface area (Å²) in [4.78, 5) is 19.8. The molecule has 0 spiro atoms. The monoisotopic (exact) mass is 239 g/mol. The van der Waals surface area contributed by atoms with Crippen LogP contribution in [0.5, 0.6) is 0 Å². The zero-order valence-electron chi connectivity index (χ0n) is 11.1. The fourth-order valence-electron chi connectivity index (χ4n) is 1.37. The molecule has 2 N–H and O–H groups in total. The van der Waals surface area contributed by atoms with Gasteiger partial charge in [-0.2, -0.15) is 5.10 Å². The fraction of sp³-hybridized carbons (Fsp3) is 0.583. The van der Waals surface area contributed by atoms with Gasteiger partial charge in [0.2, 0.25) is 0 Å². The van der Waals surface area contributed by atoms with E-state index in [0.717, 1.165) is 5.69 Å². The van der Waals surface area contributed by atoms with Gasteiger partial charge >= 0.3 is 0 Å². The number of hydrogen-bond donors (Lipinski definition) is 2. The number of amides is 1. The van der Waals surface area contributed by atoms with Gasteiger partial charge in [-0.25, -0.2) is 0 Å². The van der Waals surface area contributed by atoms with Crippen molar-refractivity contribution in [3.63, 3.8) is 0 Å². The predicted molar refractivity (Wildman–Crippen MR) is 67.0 cm³/mol. The number of aromatic amines is 1. The quantitative estimate of drug-likeness (QED) is 0.824. The maximum absolute atomic E-state index is 11.8. The summed E-state index contributed by atoms with van der Waals surface area (Å²) in [6.07, 6.45) is 1.58. The zero-order valence-corrected chi connectivity index (χ0v) is 11.1. The van der Waals surface area contributed by atoms with Gasteiger partial charge in [0, 0.05) is 11.5 Å². The van der Waals surface area contributed by atoms with Gasteiger partial charge in [-0.3, -0.25) is 9.89 Å². The van der Waals surface area contributed by atoms with Gasteiger partial charge in [-0.15, -0.1) is 0 Å². The highest BCUT2D eigenvalue weighted by atomic mass is 16.1. The molecule has 1 amide bonds. The van der Waals surface area contributed by atoms with Crippen LogP contribution in [0.15, 0.2) is 6.20 Å². The van der Waals surface area contributed by atoms with Crippen LogP contribution in [0.25, 0.3) is 0 Å². The van der Waals surface area contributed by atoms with Gasteiger partial charge in [0.1, 0.15) is 6.79 Å². The second-order valence-corrected chi connectivity index (χ2v) is 5.04. The lowest BCUT2D eigenvalue weighted by Crippen LogP contribution is -2.31.